The summed E-state index contributed by atoms with van der Waals surface area (Å²) in [5.41, 5.74) is 0.0198. The van der Waals surface area contributed by atoms with Crippen LogP contribution in [-0.2, 0) is 0 Å². The van der Waals surface area contributed by atoms with Crippen molar-refractivity contribution in [3.8, 4) is 22.9 Å². The highest BCUT2D eigenvalue weighted by Gasteiger charge is 2.14. The average molecular weight is 348 g/mol. The molecule has 0 aliphatic carbocycles. The number of aromatic nitrogens is 1. The average Bonchev–Trinajstić information content (AvgIpc) is 2.42. The SMILES string of the molecule is O=c1c2c(O)cc(O)cc2c(Br)cn1-c1cccc(O)c1. The van der Waals surface area contributed by atoms with E-state index < -0.39 is 5.56 Å². The van der Waals surface area contributed by atoms with Crippen LogP contribution in [0.5, 0.6) is 17.2 Å². The second-order valence-corrected chi connectivity index (χ2v) is 5.41. The quantitative estimate of drug-likeness (QED) is 0.632. The van der Waals surface area contributed by atoms with E-state index in [2.05, 4.69) is 15.9 Å². The Morgan fingerprint density at radius 2 is 1.76 bits per heavy atom. The first-order chi connectivity index (χ1) is 9.97. The summed E-state index contributed by atoms with van der Waals surface area (Å²) in [7, 11) is 0. The Kier molecular flexibility index (Phi) is 3.10. The van der Waals surface area contributed by atoms with E-state index in [4.69, 9.17) is 0 Å². The predicted octanol–water partition coefficient (Wildman–Crippen LogP) is 2.87. The van der Waals surface area contributed by atoms with E-state index in [-0.39, 0.29) is 22.6 Å². The molecule has 5 nitrogen and oxygen atoms in total. The number of phenols is 3. The van der Waals surface area contributed by atoms with Gasteiger partial charge >= 0.3 is 0 Å². The molecule has 21 heavy (non-hydrogen) atoms. The highest BCUT2D eigenvalue weighted by atomic mass is 79.9. The lowest BCUT2D eigenvalue weighted by atomic mass is 10.1. The third kappa shape index (κ3) is 2.23. The zero-order valence-corrected chi connectivity index (χ0v) is 12.2. The molecule has 0 aliphatic heterocycles. The third-order valence-corrected chi connectivity index (χ3v) is 3.77. The second kappa shape index (κ2) is 4.82. The fourth-order valence-corrected chi connectivity index (χ4v) is 2.74. The van der Waals surface area contributed by atoms with Crippen molar-refractivity contribution < 1.29 is 15.3 Å². The standard InChI is InChI=1S/C15H10BrNO4/c16-12-7-17(8-2-1-3-9(18)4-8)15(21)14-11(12)5-10(19)6-13(14)20/h1-7,18-20H. The predicted molar refractivity (Wildman–Crippen MR) is 82.2 cm³/mol. The number of nitrogens with zero attached hydrogens (tertiary/aromatic N) is 1. The zero-order valence-electron chi connectivity index (χ0n) is 10.6. The van der Waals surface area contributed by atoms with Gasteiger partial charge in [0.25, 0.3) is 5.56 Å². The molecule has 0 amide bonds. The van der Waals surface area contributed by atoms with Gasteiger partial charge in [-0.25, -0.2) is 0 Å². The van der Waals surface area contributed by atoms with Gasteiger partial charge in [-0.3, -0.25) is 9.36 Å². The van der Waals surface area contributed by atoms with Crippen LogP contribution in [0.3, 0.4) is 0 Å². The molecule has 0 bridgehead atoms. The second-order valence-electron chi connectivity index (χ2n) is 4.56. The highest BCUT2D eigenvalue weighted by Crippen LogP contribution is 2.32. The molecule has 2 aromatic carbocycles. The van der Waals surface area contributed by atoms with Crippen molar-refractivity contribution in [2.75, 3.05) is 0 Å². The molecule has 3 aromatic rings. The summed E-state index contributed by atoms with van der Waals surface area (Å²) >= 11 is 3.32. The monoisotopic (exact) mass is 347 g/mol. The summed E-state index contributed by atoms with van der Waals surface area (Å²) < 4.78 is 1.84. The molecule has 3 N–H and O–H groups in total. The van der Waals surface area contributed by atoms with Gasteiger partial charge in [0.2, 0.25) is 0 Å². The van der Waals surface area contributed by atoms with Crippen LogP contribution >= 0.6 is 15.9 Å². The normalized spacial score (nSPS) is 10.9. The van der Waals surface area contributed by atoms with Gasteiger partial charge in [-0.2, -0.15) is 0 Å². The first-order valence-corrected chi connectivity index (χ1v) is 6.83. The van der Waals surface area contributed by atoms with Crippen molar-refractivity contribution in [2.45, 2.75) is 0 Å². The first kappa shape index (κ1) is 13.5. The number of halogens is 1. The number of phenolic OH excluding ortho intramolecular Hbond substituents is 3. The van der Waals surface area contributed by atoms with Crippen molar-refractivity contribution in [3.05, 3.63) is 57.4 Å². The molecular weight excluding hydrogens is 338 g/mol. The molecule has 106 valence electrons. The van der Waals surface area contributed by atoms with Crippen LogP contribution in [0.15, 0.2) is 51.9 Å². The summed E-state index contributed by atoms with van der Waals surface area (Å²) in [6, 6.07) is 8.73. The molecule has 3 rings (SSSR count). The van der Waals surface area contributed by atoms with Gasteiger partial charge in [0.05, 0.1) is 11.1 Å². The zero-order chi connectivity index (χ0) is 15.1. The number of fused-ring (bicyclic) bond motifs is 1. The molecule has 0 saturated heterocycles. The Balaban J connectivity index is 2.42. The van der Waals surface area contributed by atoms with Crippen LogP contribution in [0.4, 0.5) is 0 Å². The number of rotatable bonds is 1. The van der Waals surface area contributed by atoms with E-state index in [1.807, 2.05) is 0 Å². The lowest BCUT2D eigenvalue weighted by molar-refractivity contribution is 0.454. The Morgan fingerprint density at radius 3 is 2.48 bits per heavy atom. The van der Waals surface area contributed by atoms with Gasteiger partial charge < -0.3 is 15.3 Å². The van der Waals surface area contributed by atoms with Gasteiger partial charge in [-0.05, 0) is 34.1 Å². The largest absolute Gasteiger partial charge is 0.508 e. The Hall–Kier alpha value is -2.47. The molecule has 0 radical (unpaired) electrons. The van der Waals surface area contributed by atoms with E-state index >= 15 is 0 Å². The number of pyridine rings is 1. The molecule has 1 aromatic heterocycles. The number of benzene rings is 2. The van der Waals surface area contributed by atoms with Crippen LogP contribution in [0.25, 0.3) is 16.5 Å². The maximum atomic E-state index is 12.5. The third-order valence-electron chi connectivity index (χ3n) is 3.14. The molecule has 6 heteroatoms. The molecule has 0 fully saturated rings. The number of hydrogen-bond acceptors (Lipinski definition) is 4. The van der Waals surface area contributed by atoms with E-state index in [0.717, 1.165) is 6.07 Å². The van der Waals surface area contributed by atoms with Crippen molar-refractivity contribution in [1.29, 1.82) is 0 Å². The lowest BCUT2D eigenvalue weighted by Crippen LogP contribution is -2.18. The summed E-state index contributed by atoms with van der Waals surface area (Å²) in [5.74, 6) is -0.397. The van der Waals surface area contributed by atoms with Gasteiger partial charge in [0, 0.05) is 28.2 Å². The van der Waals surface area contributed by atoms with E-state index in [1.54, 1.807) is 12.1 Å². The summed E-state index contributed by atoms with van der Waals surface area (Å²) in [6.45, 7) is 0. The fraction of sp³-hybridized carbons (Fsp3) is 0. The van der Waals surface area contributed by atoms with Crippen LogP contribution in [0, 0.1) is 0 Å². The minimum atomic E-state index is -0.448. The lowest BCUT2D eigenvalue weighted by Gasteiger charge is -2.11. The smallest absolute Gasteiger partial charge is 0.266 e. The van der Waals surface area contributed by atoms with Crippen LogP contribution < -0.4 is 5.56 Å². The van der Waals surface area contributed by atoms with Crippen molar-refractivity contribution >= 4 is 26.7 Å². The Labute approximate surface area is 127 Å². The minimum Gasteiger partial charge on any atom is -0.508 e. The van der Waals surface area contributed by atoms with Crippen LogP contribution in [0.2, 0.25) is 0 Å². The van der Waals surface area contributed by atoms with Crippen LogP contribution in [0.1, 0.15) is 0 Å². The molecule has 0 saturated carbocycles. The van der Waals surface area contributed by atoms with Crippen LogP contribution in [-0.4, -0.2) is 19.9 Å². The molecule has 0 unspecified atom stereocenters. The first-order valence-electron chi connectivity index (χ1n) is 6.03. The molecule has 0 aliphatic rings. The van der Waals surface area contributed by atoms with E-state index in [0.29, 0.717) is 15.5 Å². The number of aromatic hydroxyl groups is 3. The fourth-order valence-electron chi connectivity index (χ4n) is 2.22. The van der Waals surface area contributed by atoms with E-state index in [1.165, 1.54) is 29.0 Å². The topological polar surface area (TPSA) is 82.7 Å². The maximum absolute atomic E-state index is 12.5. The van der Waals surface area contributed by atoms with Gasteiger partial charge in [0.15, 0.2) is 0 Å². The van der Waals surface area contributed by atoms with Gasteiger partial charge in [-0.15, -0.1) is 0 Å². The minimum absolute atomic E-state index is 0.0329. The van der Waals surface area contributed by atoms with Crippen molar-refractivity contribution in [1.82, 2.24) is 4.57 Å². The Morgan fingerprint density at radius 1 is 1.00 bits per heavy atom. The Bertz CT molecular complexity index is 917. The van der Waals surface area contributed by atoms with E-state index in [9.17, 15) is 20.1 Å². The molecular formula is C15H10BrNO4. The summed E-state index contributed by atoms with van der Waals surface area (Å²) in [6.07, 6.45) is 1.53. The van der Waals surface area contributed by atoms with Gasteiger partial charge in [-0.1, -0.05) is 6.07 Å². The molecule has 0 spiro atoms. The maximum Gasteiger partial charge on any atom is 0.266 e. The number of hydrogen-bond donors (Lipinski definition) is 3. The van der Waals surface area contributed by atoms with Crippen molar-refractivity contribution in [3.63, 3.8) is 0 Å². The van der Waals surface area contributed by atoms with Crippen molar-refractivity contribution in [2.24, 2.45) is 0 Å². The summed E-state index contributed by atoms with van der Waals surface area (Å²) in [5, 5.41) is 29.5. The summed E-state index contributed by atoms with van der Waals surface area (Å²) in [4.78, 5) is 12.5. The van der Waals surface area contributed by atoms with Gasteiger partial charge in [0.1, 0.15) is 17.2 Å². The highest BCUT2D eigenvalue weighted by molar-refractivity contribution is 9.10. The molecule has 0 atom stereocenters. The molecule has 1 heterocycles.